The van der Waals surface area contributed by atoms with Crippen molar-refractivity contribution in [1.82, 2.24) is 0 Å². The van der Waals surface area contributed by atoms with E-state index in [1.54, 1.807) is 14.2 Å². The minimum Gasteiger partial charge on any atom is -0.469 e. The smallest absolute Gasteiger partial charge is 0.308 e. The summed E-state index contributed by atoms with van der Waals surface area (Å²) < 4.78 is 16.0. The summed E-state index contributed by atoms with van der Waals surface area (Å²) in [6.45, 7) is 0. The van der Waals surface area contributed by atoms with E-state index in [4.69, 9.17) is 14.2 Å². The molecule has 16 heavy (non-hydrogen) atoms. The van der Waals surface area contributed by atoms with Crippen molar-refractivity contribution in [2.45, 2.75) is 31.5 Å². The largest absolute Gasteiger partial charge is 0.469 e. The molecule has 0 amide bonds. The van der Waals surface area contributed by atoms with Gasteiger partial charge in [0, 0.05) is 26.1 Å². The van der Waals surface area contributed by atoms with Gasteiger partial charge in [-0.1, -0.05) is 0 Å². The number of methoxy groups -OCH3 is 3. The predicted octanol–water partition coefficient (Wildman–Crippen LogP) is 1.58. The van der Waals surface area contributed by atoms with E-state index in [-0.39, 0.29) is 11.9 Å². The van der Waals surface area contributed by atoms with E-state index in [0.29, 0.717) is 11.8 Å². The molecule has 2 bridgehead atoms. The second kappa shape index (κ2) is 4.34. The zero-order valence-electron chi connectivity index (χ0n) is 10.2. The minimum absolute atomic E-state index is 0.0286. The topological polar surface area (TPSA) is 44.8 Å². The highest BCUT2D eigenvalue weighted by molar-refractivity contribution is 5.72. The number of carbonyl (C=O) groups is 1. The van der Waals surface area contributed by atoms with Crippen LogP contribution in [0.15, 0.2) is 0 Å². The Bertz CT molecular complexity index is 256. The first-order valence-corrected chi connectivity index (χ1v) is 5.86. The Hall–Kier alpha value is -0.610. The van der Waals surface area contributed by atoms with Gasteiger partial charge in [0.15, 0.2) is 5.79 Å². The van der Waals surface area contributed by atoms with Crippen molar-refractivity contribution < 1.29 is 19.0 Å². The quantitative estimate of drug-likeness (QED) is 0.543. The zero-order chi connectivity index (χ0) is 11.8. The number of esters is 1. The SMILES string of the molecule is COC(=O)C1C[C@@H]2CC[C@@H](C1)C2(OC)OC. The fourth-order valence-corrected chi connectivity index (χ4v) is 3.59. The van der Waals surface area contributed by atoms with Gasteiger partial charge in [-0.15, -0.1) is 0 Å². The van der Waals surface area contributed by atoms with Gasteiger partial charge in [-0.2, -0.15) is 0 Å². The van der Waals surface area contributed by atoms with Gasteiger partial charge in [-0.3, -0.25) is 4.79 Å². The van der Waals surface area contributed by atoms with Crippen LogP contribution in [0.4, 0.5) is 0 Å². The molecule has 2 aliphatic carbocycles. The first-order valence-electron chi connectivity index (χ1n) is 5.86. The Morgan fingerprint density at radius 3 is 1.94 bits per heavy atom. The summed E-state index contributed by atoms with van der Waals surface area (Å²) in [4.78, 5) is 11.6. The van der Waals surface area contributed by atoms with E-state index in [9.17, 15) is 4.79 Å². The van der Waals surface area contributed by atoms with E-state index in [1.165, 1.54) is 7.11 Å². The van der Waals surface area contributed by atoms with Crippen LogP contribution in [0.25, 0.3) is 0 Å². The molecule has 0 aromatic rings. The molecule has 4 nitrogen and oxygen atoms in total. The lowest BCUT2D eigenvalue weighted by Crippen LogP contribution is -2.49. The van der Waals surface area contributed by atoms with Crippen molar-refractivity contribution in [2.24, 2.45) is 17.8 Å². The van der Waals surface area contributed by atoms with Crippen molar-refractivity contribution in [2.75, 3.05) is 21.3 Å². The zero-order valence-corrected chi connectivity index (χ0v) is 10.2. The number of ether oxygens (including phenoxy) is 3. The molecule has 2 saturated carbocycles. The van der Waals surface area contributed by atoms with Crippen molar-refractivity contribution in [3.63, 3.8) is 0 Å². The van der Waals surface area contributed by atoms with E-state index < -0.39 is 5.79 Å². The Balaban J connectivity index is 2.15. The highest BCUT2D eigenvalue weighted by Crippen LogP contribution is 2.53. The van der Waals surface area contributed by atoms with Gasteiger partial charge >= 0.3 is 5.97 Å². The summed E-state index contributed by atoms with van der Waals surface area (Å²) in [7, 11) is 4.86. The van der Waals surface area contributed by atoms with Gasteiger partial charge in [-0.25, -0.2) is 0 Å². The Morgan fingerprint density at radius 1 is 1.06 bits per heavy atom. The number of hydrogen-bond acceptors (Lipinski definition) is 4. The van der Waals surface area contributed by atoms with Gasteiger partial charge < -0.3 is 14.2 Å². The van der Waals surface area contributed by atoms with Crippen LogP contribution in [-0.2, 0) is 19.0 Å². The first kappa shape index (κ1) is 11.9. The standard InChI is InChI=1S/C12H20O4/c1-14-11(13)8-6-9-4-5-10(7-8)12(9,15-2)16-3/h8-10H,4-7H2,1-3H3/t9-,10-/m0/s1. The molecule has 0 aromatic heterocycles. The van der Waals surface area contributed by atoms with Crippen molar-refractivity contribution in [1.29, 1.82) is 0 Å². The van der Waals surface area contributed by atoms with Crippen molar-refractivity contribution >= 4 is 5.97 Å². The fraction of sp³-hybridized carbons (Fsp3) is 0.917. The van der Waals surface area contributed by atoms with E-state index in [1.807, 2.05) is 0 Å². The number of hydrogen-bond donors (Lipinski definition) is 0. The third-order valence-corrected chi connectivity index (χ3v) is 4.31. The molecular weight excluding hydrogens is 208 g/mol. The van der Waals surface area contributed by atoms with Crippen LogP contribution in [0, 0.1) is 17.8 Å². The molecule has 0 N–H and O–H groups in total. The summed E-state index contributed by atoms with van der Waals surface area (Å²) >= 11 is 0. The van der Waals surface area contributed by atoms with Crippen LogP contribution in [0.1, 0.15) is 25.7 Å². The molecule has 0 heterocycles. The highest BCUT2D eigenvalue weighted by atomic mass is 16.7. The van der Waals surface area contributed by atoms with E-state index in [0.717, 1.165) is 25.7 Å². The normalized spacial score (nSPS) is 36.1. The van der Waals surface area contributed by atoms with Crippen LogP contribution in [0.3, 0.4) is 0 Å². The molecule has 0 saturated heterocycles. The monoisotopic (exact) mass is 228 g/mol. The number of carbonyl (C=O) groups excluding carboxylic acids is 1. The predicted molar refractivity (Wildman–Crippen MR) is 57.7 cm³/mol. The van der Waals surface area contributed by atoms with Crippen LogP contribution >= 0.6 is 0 Å². The number of fused-ring (bicyclic) bond motifs is 2. The van der Waals surface area contributed by atoms with Gasteiger partial charge in [0.05, 0.1) is 13.0 Å². The molecule has 2 aliphatic rings. The lowest BCUT2D eigenvalue weighted by Gasteiger charge is -2.43. The van der Waals surface area contributed by atoms with Gasteiger partial charge in [0.1, 0.15) is 0 Å². The molecule has 0 aliphatic heterocycles. The van der Waals surface area contributed by atoms with Gasteiger partial charge in [-0.05, 0) is 25.7 Å². The maximum Gasteiger partial charge on any atom is 0.308 e. The summed E-state index contributed by atoms with van der Waals surface area (Å²) in [5.74, 6) is 0.138. The molecule has 0 radical (unpaired) electrons. The Labute approximate surface area is 96.2 Å². The summed E-state index contributed by atoms with van der Waals surface area (Å²) in [5.41, 5.74) is 0. The second-order valence-electron chi connectivity index (χ2n) is 4.79. The molecular formula is C12H20O4. The fourth-order valence-electron chi connectivity index (χ4n) is 3.59. The summed E-state index contributed by atoms with van der Waals surface area (Å²) in [5, 5.41) is 0. The Kier molecular flexibility index (Phi) is 3.22. The minimum atomic E-state index is -0.454. The molecule has 2 rings (SSSR count). The Morgan fingerprint density at radius 2 is 1.56 bits per heavy atom. The lowest BCUT2D eigenvalue weighted by molar-refractivity contribution is -0.268. The van der Waals surface area contributed by atoms with Crippen molar-refractivity contribution in [3.05, 3.63) is 0 Å². The summed E-state index contributed by atoms with van der Waals surface area (Å²) in [6.07, 6.45) is 3.81. The first-order chi connectivity index (χ1) is 7.67. The van der Waals surface area contributed by atoms with E-state index >= 15 is 0 Å². The highest BCUT2D eigenvalue weighted by Gasteiger charge is 2.56. The molecule has 0 unspecified atom stereocenters. The molecule has 0 aromatic carbocycles. The molecule has 4 heteroatoms. The second-order valence-corrected chi connectivity index (χ2v) is 4.79. The maximum absolute atomic E-state index is 11.6. The molecule has 92 valence electrons. The average Bonchev–Trinajstić information content (AvgIpc) is 2.52. The van der Waals surface area contributed by atoms with E-state index in [2.05, 4.69) is 0 Å². The molecule has 2 fully saturated rings. The lowest BCUT2D eigenvalue weighted by atomic mass is 9.76. The third kappa shape index (κ3) is 1.55. The maximum atomic E-state index is 11.6. The third-order valence-electron chi connectivity index (χ3n) is 4.31. The van der Waals surface area contributed by atoms with Crippen molar-refractivity contribution in [3.8, 4) is 0 Å². The van der Waals surface area contributed by atoms with Crippen LogP contribution < -0.4 is 0 Å². The average molecular weight is 228 g/mol. The molecule has 2 atom stereocenters. The van der Waals surface area contributed by atoms with Crippen LogP contribution in [0.2, 0.25) is 0 Å². The van der Waals surface area contributed by atoms with Gasteiger partial charge in [0.2, 0.25) is 0 Å². The van der Waals surface area contributed by atoms with Crippen LogP contribution in [0.5, 0.6) is 0 Å². The van der Waals surface area contributed by atoms with Gasteiger partial charge in [0.25, 0.3) is 0 Å². The molecule has 0 spiro atoms. The van der Waals surface area contributed by atoms with Crippen LogP contribution in [-0.4, -0.2) is 33.1 Å². The summed E-state index contributed by atoms with van der Waals surface area (Å²) in [6, 6.07) is 0. The number of rotatable bonds is 3.